The number of carbonyl (C=O) groups is 1. The molecule has 13 heavy (non-hydrogen) atoms. The van der Waals surface area contributed by atoms with Gasteiger partial charge in [0.2, 0.25) is 0 Å². The zero-order valence-electron chi connectivity index (χ0n) is 6.39. The van der Waals surface area contributed by atoms with E-state index in [-0.39, 0.29) is 18.1 Å². The molecular weight excluding hydrogens is 194 g/mol. The summed E-state index contributed by atoms with van der Waals surface area (Å²) in [6, 6.07) is 1.68. The number of pyridine rings is 1. The van der Waals surface area contributed by atoms with E-state index in [1.54, 1.807) is 12.3 Å². The van der Waals surface area contributed by atoms with Gasteiger partial charge in [0.1, 0.15) is 0 Å². The maximum Gasteiger partial charge on any atom is 0.357 e. The van der Waals surface area contributed by atoms with Crippen molar-refractivity contribution in [1.29, 1.82) is 0 Å². The summed E-state index contributed by atoms with van der Waals surface area (Å²) in [4.78, 5) is 14.4. The molecule has 0 fully saturated rings. The van der Waals surface area contributed by atoms with Gasteiger partial charge in [0.15, 0.2) is 5.69 Å². The summed E-state index contributed by atoms with van der Waals surface area (Å²) in [6.45, 7) is 0. The molecule has 2 rings (SSSR count). The van der Waals surface area contributed by atoms with E-state index in [2.05, 4.69) is 15.2 Å². The third kappa shape index (κ3) is 1.46. The first-order chi connectivity index (χ1) is 5.79. The predicted molar refractivity (Wildman–Crippen MR) is 48.1 cm³/mol. The Kier molecular flexibility index (Phi) is 2.48. The molecule has 2 aromatic rings. The van der Waals surface area contributed by atoms with Crippen LogP contribution < -0.4 is 0 Å². The highest BCUT2D eigenvalue weighted by atomic mass is 35.5. The Morgan fingerprint density at radius 3 is 3.00 bits per heavy atom. The van der Waals surface area contributed by atoms with Crippen LogP contribution >= 0.6 is 12.4 Å². The Bertz CT molecular complexity index is 440. The first-order valence-electron chi connectivity index (χ1n) is 3.30. The van der Waals surface area contributed by atoms with Gasteiger partial charge in [0, 0.05) is 12.4 Å². The topological polar surface area (TPSA) is 78.9 Å². The molecule has 0 bridgehead atoms. The van der Waals surface area contributed by atoms with Crippen LogP contribution in [0.5, 0.6) is 0 Å². The number of fused-ring (bicyclic) bond motifs is 1. The lowest BCUT2D eigenvalue weighted by atomic mass is 10.2. The standard InChI is InChI=1S/C7H5N3O2.ClH/c11-7(12)6-4-3-8-2-1-5(4)9-10-6;/h1-3H,(H,9,10)(H,11,12);1H. The van der Waals surface area contributed by atoms with Gasteiger partial charge in [0.25, 0.3) is 0 Å². The number of nitrogens with zero attached hydrogens (tertiary/aromatic N) is 2. The second-order valence-electron chi connectivity index (χ2n) is 2.30. The summed E-state index contributed by atoms with van der Waals surface area (Å²) in [7, 11) is 0. The largest absolute Gasteiger partial charge is 0.476 e. The molecule has 2 N–H and O–H groups in total. The Balaban J connectivity index is 0.000000845. The number of H-pyrrole nitrogens is 1. The number of nitrogens with one attached hydrogen (secondary N) is 1. The summed E-state index contributed by atoms with van der Waals surface area (Å²) in [5.74, 6) is -1.05. The van der Waals surface area contributed by atoms with Crippen LogP contribution in [0.25, 0.3) is 10.9 Å². The molecule has 2 heterocycles. The van der Waals surface area contributed by atoms with Gasteiger partial charge in [0.05, 0.1) is 10.9 Å². The molecule has 5 nitrogen and oxygen atoms in total. The van der Waals surface area contributed by atoms with Crippen molar-refractivity contribution in [3.8, 4) is 0 Å². The number of carboxylic acids is 1. The number of rotatable bonds is 1. The van der Waals surface area contributed by atoms with E-state index in [9.17, 15) is 4.79 Å². The third-order valence-corrected chi connectivity index (χ3v) is 1.57. The van der Waals surface area contributed by atoms with Crippen LogP contribution in [-0.4, -0.2) is 26.3 Å². The van der Waals surface area contributed by atoms with Crippen LogP contribution in [0.15, 0.2) is 18.5 Å². The zero-order valence-corrected chi connectivity index (χ0v) is 7.21. The average Bonchev–Trinajstić information content (AvgIpc) is 2.47. The Labute approximate surface area is 79.2 Å². The fourth-order valence-electron chi connectivity index (χ4n) is 1.02. The summed E-state index contributed by atoms with van der Waals surface area (Å²) < 4.78 is 0. The van der Waals surface area contributed by atoms with Gasteiger partial charge in [-0.1, -0.05) is 0 Å². The molecule has 0 aliphatic carbocycles. The first kappa shape index (κ1) is 9.47. The van der Waals surface area contributed by atoms with E-state index in [0.29, 0.717) is 10.9 Å². The van der Waals surface area contributed by atoms with Gasteiger partial charge < -0.3 is 5.11 Å². The van der Waals surface area contributed by atoms with Crippen molar-refractivity contribution in [2.45, 2.75) is 0 Å². The normalized spacial score (nSPS) is 9.54. The SMILES string of the molecule is Cl.O=C(O)c1n[nH]c2ccncc12. The Morgan fingerprint density at radius 2 is 2.31 bits per heavy atom. The van der Waals surface area contributed by atoms with Gasteiger partial charge >= 0.3 is 5.97 Å². The van der Waals surface area contributed by atoms with Crippen LogP contribution in [0.4, 0.5) is 0 Å². The third-order valence-electron chi connectivity index (χ3n) is 1.57. The van der Waals surface area contributed by atoms with Crippen LogP contribution in [0.2, 0.25) is 0 Å². The van der Waals surface area contributed by atoms with Crippen molar-refractivity contribution in [2.75, 3.05) is 0 Å². The van der Waals surface area contributed by atoms with E-state index in [0.717, 1.165) is 0 Å². The Morgan fingerprint density at radius 1 is 1.54 bits per heavy atom. The van der Waals surface area contributed by atoms with Gasteiger partial charge in [-0.05, 0) is 6.07 Å². The first-order valence-corrected chi connectivity index (χ1v) is 3.30. The van der Waals surface area contributed by atoms with Crippen molar-refractivity contribution in [3.05, 3.63) is 24.2 Å². The molecular formula is C7H6ClN3O2. The highest BCUT2D eigenvalue weighted by Gasteiger charge is 2.11. The number of hydrogen-bond donors (Lipinski definition) is 2. The van der Waals surface area contributed by atoms with Crippen molar-refractivity contribution >= 4 is 29.3 Å². The van der Waals surface area contributed by atoms with E-state index < -0.39 is 5.97 Å². The highest BCUT2D eigenvalue weighted by molar-refractivity contribution is 6.00. The molecule has 0 aliphatic rings. The summed E-state index contributed by atoms with van der Waals surface area (Å²) >= 11 is 0. The van der Waals surface area contributed by atoms with Crippen molar-refractivity contribution in [2.24, 2.45) is 0 Å². The van der Waals surface area contributed by atoms with E-state index in [4.69, 9.17) is 5.11 Å². The molecule has 68 valence electrons. The maximum atomic E-state index is 10.6. The van der Waals surface area contributed by atoms with Gasteiger partial charge in [-0.2, -0.15) is 5.10 Å². The maximum absolute atomic E-state index is 10.6. The molecule has 0 aliphatic heterocycles. The van der Waals surface area contributed by atoms with Crippen molar-refractivity contribution in [1.82, 2.24) is 15.2 Å². The molecule has 2 aromatic heterocycles. The van der Waals surface area contributed by atoms with Gasteiger partial charge in [-0.15, -0.1) is 12.4 Å². The van der Waals surface area contributed by atoms with Crippen molar-refractivity contribution in [3.63, 3.8) is 0 Å². The number of hydrogen-bond acceptors (Lipinski definition) is 3. The van der Waals surface area contributed by atoms with Crippen LogP contribution in [0.3, 0.4) is 0 Å². The second-order valence-corrected chi connectivity index (χ2v) is 2.30. The molecule has 6 heteroatoms. The number of aromatic carboxylic acids is 1. The minimum atomic E-state index is -1.05. The second kappa shape index (κ2) is 3.40. The Hall–Kier alpha value is -1.62. The monoisotopic (exact) mass is 199 g/mol. The summed E-state index contributed by atoms with van der Waals surface area (Å²) in [5, 5.41) is 15.4. The van der Waals surface area contributed by atoms with E-state index in [1.807, 2.05) is 0 Å². The number of carboxylic acid groups (broad SMARTS) is 1. The quantitative estimate of drug-likeness (QED) is 0.720. The van der Waals surface area contributed by atoms with E-state index in [1.165, 1.54) is 6.20 Å². The minimum Gasteiger partial charge on any atom is -0.476 e. The zero-order chi connectivity index (χ0) is 8.55. The van der Waals surface area contributed by atoms with E-state index >= 15 is 0 Å². The summed E-state index contributed by atoms with van der Waals surface area (Å²) in [5.41, 5.74) is 0.695. The fourth-order valence-corrected chi connectivity index (χ4v) is 1.02. The fraction of sp³-hybridized carbons (Fsp3) is 0. The molecule has 0 aromatic carbocycles. The molecule has 0 spiro atoms. The lowest BCUT2D eigenvalue weighted by Gasteiger charge is -1.86. The van der Waals surface area contributed by atoms with Crippen LogP contribution in [0.1, 0.15) is 10.5 Å². The smallest absolute Gasteiger partial charge is 0.357 e. The van der Waals surface area contributed by atoms with Gasteiger partial charge in [-0.25, -0.2) is 4.79 Å². The van der Waals surface area contributed by atoms with Crippen LogP contribution in [0, 0.1) is 0 Å². The highest BCUT2D eigenvalue weighted by Crippen LogP contribution is 2.12. The van der Waals surface area contributed by atoms with Crippen LogP contribution in [-0.2, 0) is 0 Å². The molecule has 0 unspecified atom stereocenters. The predicted octanol–water partition coefficient (Wildman–Crippen LogP) is 1.08. The minimum absolute atomic E-state index is 0. The summed E-state index contributed by atoms with van der Waals surface area (Å²) in [6.07, 6.45) is 3.05. The lowest BCUT2D eigenvalue weighted by molar-refractivity contribution is 0.0692. The number of halogens is 1. The average molecular weight is 200 g/mol. The number of aromatic nitrogens is 3. The van der Waals surface area contributed by atoms with Crippen molar-refractivity contribution < 1.29 is 9.90 Å². The molecule has 0 saturated heterocycles. The molecule has 0 saturated carbocycles. The molecule has 0 atom stereocenters. The molecule has 0 radical (unpaired) electrons. The number of aromatic amines is 1. The lowest BCUT2D eigenvalue weighted by Crippen LogP contribution is -1.96. The van der Waals surface area contributed by atoms with Gasteiger partial charge in [-0.3, -0.25) is 10.1 Å². The molecule has 0 amide bonds.